The Hall–Kier alpha value is -1.36. The number of oxime groups is 1. The monoisotopic (exact) mass is 353 g/mol. The minimum absolute atomic E-state index is 0.228. The summed E-state index contributed by atoms with van der Waals surface area (Å²) < 4.78 is 6.09. The van der Waals surface area contributed by atoms with Crippen LogP contribution in [0.1, 0.15) is 31.2 Å². The molecule has 0 saturated heterocycles. The first-order valence-corrected chi connectivity index (χ1v) is 7.85. The van der Waals surface area contributed by atoms with Crippen molar-refractivity contribution in [2.45, 2.75) is 32.1 Å². The van der Waals surface area contributed by atoms with Crippen LogP contribution in [0.5, 0.6) is 0 Å². The fourth-order valence-electron chi connectivity index (χ4n) is 2.99. The Morgan fingerprint density at radius 1 is 1.33 bits per heavy atom. The van der Waals surface area contributed by atoms with E-state index < -0.39 is 5.41 Å². The number of esters is 1. The van der Waals surface area contributed by atoms with Crippen LogP contribution in [0.3, 0.4) is 0 Å². The molecule has 0 heterocycles. The van der Waals surface area contributed by atoms with Crippen LogP contribution in [-0.4, -0.2) is 25.9 Å². The normalized spacial score (nSPS) is 23.9. The molecule has 4 nitrogen and oxygen atoms in total. The molecule has 0 radical (unpaired) electrons. The summed E-state index contributed by atoms with van der Waals surface area (Å²) in [5, 5.41) is 4.13. The lowest BCUT2D eigenvalue weighted by Crippen LogP contribution is -2.44. The summed E-state index contributed by atoms with van der Waals surface area (Å²) in [6.45, 7) is 0. The van der Waals surface area contributed by atoms with Gasteiger partial charge in [-0.1, -0.05) is 45.7 Å². The summed E-state index contributed by atoms with van der Waals surface area (Å²) in [5.41, 5.74) is 1.15. The summed E-state index contributed by atoms with van der Waals surface area (Å²) in [5.74, 6) is -0.228. The Morgan fingerprint density at radius 2 is 2.10 bits per heavy atom. The summed E-state index contributed by atoms with van der Waals surface area (Å²) in [4.78, 5) is 17.5. The van der Waals surface area contributed by atoms with Gasteiger partial charge in [0.25, 0.3) is 0 Å². The van der Waals surface area contributed by atoms with Crippen LogP contribution in [-0.2, 0) is 20.8 Å². The van der Waals surface area contributed by atoms with Crippen LogP contribution in [0.15, 0.2) is 33.9 Å². The molecule has 1 aliphatic carbocycles. The van der Waals surface area contributed by atoms with E-state index >= 15 is 0 Å². The predicted molar refractivity (Wildman–Crippen MR) is 85.2 cm³/mol. The van der Waals surface area contributed by atoms with E-state index in [0.29, 0.717) is 6.42 Å². The molecule has 114 valence electrons. The third-order valence-electron chi connectivity index (χ3n) is 4.05. The van der Waals surface area contributed by atoms with Crippen molar-refractivity contribution in [3.8, 4) is 0 Å². The molecule has 1 fully saturated rings. The third-order valence-corrected chi connectivity index (χ3v) is 4.82. The molecule has 1 atom stereocenters. The van der Waals surface area contributed by atoms with Gasteiger partial charge in [-0.2, -0.15) is 0 Å². The zero-order valence-electron chi connectivity index (χ0n) is 12.4. The van der Waals surface area contributed by atoms with Gasteiger partial charge in [-0.25, -0.2) is 0 Å². The first-order chi connectivity index (χ1) is 10.1. The van der Waals surface area contributed by atoms with E-state index in [4.69, 9.17) is 9.57 Å². The molecular formula is C16H20BrNO3. The number of benzene rings is 1. The topological polar surface area (TPSA) is 47.9 Å². The third kappa shape index (κ3) is 3.28. The standard InChI is InChI=1S/C16H20BrNO3/c1-20-15(19)16(10-6-5-9-14(16)18-21-2)11-12-7-3-4-8-13(12)17/h3-4,7-8H,5-6,9-11H2,1-2H3/b18-14+. The Labute approximate surface area is 133 Å². The fraction of sp³-hybridized carbons (Fsp3) is 0.500. The second kappa shape index (κ2) is 7.07. The van der Waals surface area contributed by atoms with Gasteiger partial charge in [0.2, 0.25) is 0 Å². The maximum Gasteiger partial charge on any atom is 0.318 e. The molecule has 1 aromatic rings. The van der Waals surface area contributed by atoms with Gasteiger partial charge in [-0.3, -0.25) is 4.79 Å². The van der Waals surface area contributed by atoms with Gasteiger partial charge in [-0.15, -0.1) is 0 Å². The van der Waals surface area contributed by atoms with Crippen molar-refractivity contribution >= 4 is 27.6 Å². The summed E-state index contributed by atoms with van der Waals surface area (Å²) in [6.07, 6.45) is 4.10. The largest absolute Gasteiger partial charge is 0.468 e. The van der Waals surface area contributed by atoms with Crippen molar-refractivity contribution in [3.05, 3.63) is 34.3 Å². The number of ether oxygens (including phenoxy) is 1. The van der Waals surface area contributed by atoms with Crippen LogP contribution < -0.4 is 0 Å². The zero-order valence-corrected chi connectivity index (χ0v) is 14.0. The van der Waals surface area contributed by atoms with E-state index in [1.54, 1.807) is 0 Å². The van der Waals surface area contributed by atoms with Crippen LogP contribution in [0, 0.1) is 5.41 Å². The van der Waals surface area contributed by atoms with Crippen molar-refractivity contribution in [3.63, 3.8) is 0 Å². The summed E-state index contributed by atoms with van der Waals surface area (Å²) in [7, 11) is 2.95. The second-order valence-electron chi connectivity index (χ2n) is 5.27. The van der Waals surface area contributed by atoms with Crippen molar-refractivity contribution in [1.82, 2.24) is 0 Å². The van der Waals surface area contributed by atoms with Crippen LogP contribution in [0.4, 0.5) is 0 Å². The van der Waals surface area contributed by atoms with E-state index in [9.17, 15) is 4.79 Å². The Bertz CT molecular complexity index is 544. The highest BCUT2D eigenvalue weighted by molar-refractivity contribution is 9.10. The van der Waals surface area contributed by atoms with Gasteiger partial charge in [0.15, 0.2) is 0 Å². The van der Waals surface area contributed by atoms with Gasteiger partial charge in [0.05, 0.1) is 12.8 Å². The Morgan fingerprint density at radius 3 is 2.76 bits per heavy atom. The number of hydrogen-bond acceptors (Lipinski definition) is 4. The van der Waals surface area contributed by atoms with Gasteiger partial charge >= 0.3 is 5.97 Å². The zero-order chi connectivity index (χ0) is 15.3. The van der Waals surface area contributed by atoms with Crippen LogP contribution in [0.2, 0.25) is 0 Å². The van der Waals surface area contributed by atoms with E-state index in [-0.39, 0.29) is 5.97 Å². The average Bonchev–Trinajstić information content (AvgIpc) is 2.51. The number of halogens is 1. The van der Waals surface area contributed by atoms with Crippen molar-refractivity contribution in [1.29, 1.82) is 0 Å². The number of carbonyl (C=O) groups excluding carboxylic acids is 1. The molecule has 5 heteroatoms. The van der Waals surface area contributed by atoms with Gasteiger partial charge in [0, 0.05) is 4.47 Å². The molecule has 2 rings (SSSR count). The molecule has 21 heavy (non-hydrogen) atoms. The maximum atomic E-state index is 12.5. The number of rotatable bonds is 4. The molecule has 0 N–H and O–H groups in total. The van der Waals surface area contributed by atoms with Crippen molar-refractivity contribution in [2.75, 3.05) is 14.2 Å². The molecule has 0 aliphatic heterocycles. The summed E-state index contributed by atoms with van der Waals surface area (Å²) >= 11 is 3.55. The first-order valence-electron chi connectivity index (χ1n) is 7.06. The van der Waals surface area contributed by atoms with E-state index in [1.807, 2.05) is 24.3 Å². The Balaban J connectivity index is 2.44. The van der Waals surface area contributed by atoms with Gasteiger partial charge in [0.1, 0.15) is 12.5 Å². The SMILES string of the molecule is CO/N=C1\CCCCC1(Cc1ccccc1Br)C(=O)OC. The molecule has 1 unspecified atom stereocenters. The number of nitrogens with zero attached hydrogens (tertiary/aromatic N) is 1. The maximum absolute atomic E-state index is 12.5. The lowest BCUT2D eigenvalue weighted by Gasteiger charge is -2.35. The van der Waals surface area contributed by atoms with Crippen molar-refractivity contribution < 1.29 is 14.4 Å². The van der Waals surface area contributed by atoms with Crippen LogP contribution >= 0.6 is 15.9 Å². The van der Waals surface area contributed by atoms with E-state index in [1.165, 1.54) is 14.2 Å². The highest BCUT2D eigenvalue weighted by atomic mass is 79.9. The van der Waals surface area contributed by atoms with Crippen LogP contribution in [0.25, 0.3) is 0 Å². The van der Waals surface area contributed by atoms with E-state index in [0.717, 1.165) is 41.4 Å². The molecule has 0 spiro atoms. The van der Waals surface area contributed by atoms with Gasteiger partial charge in [-0.05, 0) is 37.3 Å². The highest BCUT2D eigenvalue weighted by Crippen LogP contribution is 2.40. The smallest absolute Gasteiger partial charge is 0.318 e. The predicted octanol–water partition coefficient (Wildman–Crippen LogP) is 3.73. The summed E-state index contributed by atoms with van der Waals surface area (Å²) in [6, 6.07) is 7.94. The second-order valence-corrected chi connectivity index (χ2v) is 6.12. The molecule has 1 aliphatic rings. The number of carbonyl (C=O) groups is 1. The minimum atomic E-state index is -0.715. The van der Waals surface area contributed by atoms with Gasteiger partial charge < -0.3 is 9.57 Å². The molecule has 0 bridgehead atoms. The molecular weight excluding hydrogens is 334 g/mol. The molecule has 1 saturated carbocycles. The molecule has 0 amide bonds. The minimum Gasteiger partial charge on any atom is -0.468 e. The Kier molecular flexibility index (Phi) is 5.39. The number of hydrogen-bond donors (Lipinski definition) is 0. The number of methoxy groups -OCH3 is 1. The lowest BCUT2D eigenvalue weighted by molar-refractivity contribution is -0.149. The quantitative estimate of drug-likeness (QED) is 0.612. The lowest BCUT2D eigenvalue weighted by atomic mass is 9.69. The molecule has 1 aromatic carbocycles. The molecule has 0 aromatic heterocycles. The highest BCUT2D eigenvalue weighted by Gasteiger charge is 2.46. The fourth-order valence-corrected chi connectivity index (χ4v) is 3.42. The van der Waals surface area contributed by atoms with Crippen molar-refractivity contribution in [2.24, 2.45) is 10.6 Å². The average molecular weight is 354 g/mol. The first kappa shape index (κ1) is 16.0. The van der Waals surface area contributed by atoms with E-state index in [2.05, 4.69) is 21.1 Å².